The third-order valence-electron chi connectivity index (χ3n) is 8.91. The molecular formula is C33H33F4N3O3. The van der Waals surface area contributed by atoms with Crippen LogP contribution in [-0.4, -0.2) is 66.7 Å². The number of alkyl halides is 2. The molecule has 2 saturated heterocycles. The quantitative estimate of drug-likeness (QED) is 0.327. The maximum atomic E-state index is 14.6. The molecule has 1 N–H and O–H groups in total. The Bertz CT molecular complexity index is 1460. The fourth-order valence-electron chi connectivity index (χ4n) is 6.66. The van der Waals surface area contributed by atoms with Gasteiger partial charge in [-0.2, -0.15) is 0 Å². The van der Waals surface area contributed by atoms with E-state index >= 15 is 0 Å². The predicted molar refractivity (Wildman–Crippen MR) is 153 cm³/mol. The Morgan fingerprint density at radius 3 is 2.19 bits per heavy atom. The Balaban J connectivity index is 1.13. The molecule has 0 bridgehead atoms. The molecule has 0 radical (unpaired) electrons. The van der Waals surface area contributed by atoms with E-state index in [4.69, 9.17) is 4.74 Å². The highest BCUT2D eigenvalue weighted by Gasteiger charge is 2.42. The van der Waals surface area contributed by atoms with Crippen molar-refractivity contribution in [3.05, 3.63) is 95.1 Å². The summed E-state index contributed by atoms with van der Waals surface area (Å²) in [7, 11) is 0. The van der Waals surface area contributed by atoms with Crippen molar-refractivity contribution >= 4 is 12.1 Å². The van der Waals surface area contributed by atoms with Gasteiger partial charge in [-0.25, -0.2) is 27.2 Å². The molecule has 3 aliphatic rings. The Kier molecular flexibility index (Phi) is 8.03. The summed E-state index contributed by atoms with van der Waals surface area (Å²) in [5.41, 5.74) is 4.48. The lowest BCUT2D eigenvalue weighted by atomic mass is 9.86. The van der Waals surface area contributed by atoms with Gasteiger partial charge in [0.25, 0.3) is 5.92 Å². The molecule has 0 aromatic heterocycles. The zero-order chi connectivity index (χ0) is 30.1. The second-order valence-electron chi connectivity index (χ2n) is 11.7. The van der Waals surface area contributed by atoms with Crippen molar-refractivity contribution in [3.8, 4) is 11.1 Å². The lowest BCUT2D eigenvalue weighted by molar-refractivity contribution is 0.0132. The Morgan fingerprint density at radius 2 is 1.56 bits per heavy atom. The highest BCUT2D eigenvalue weighted by atomic mass is 19.3. The lowest BCUT2D eigenvalue weighted by Crippen LogP contribution is -2.50. The third-order valence-corrected chi connectivity index (χ3v) is 8.91. The minimum atomic E-state index is -2.87. The van der Waals surface area contributed by atoms with Crippen LogP contribution < -0.4 is 5.32 Å². The molecule has 2 heterocycles. The van der Waals surface area contributed by atoms with Gasteiger partial charge in [-0.05, 0) is 71.2 Å². The summed E-state index contributed by atoms with van der Waals surface area (Å²) in [5.74, 6) is -4.35. The van der Waals surface area contributed by atoms with Crippen LogP contribution in [0.3, 0.4) is 0 Å². The standard InChI is InChI=1S/C33H33F4N3O3/c34-23-9-10-29(35)22(17-23)18-30(21-11-14-39(15-12-21)32(42)40-16-13-33(36,37)20-40)38-31(41)43-19-28-26-7-3-1-5-24(26)25-6-2-4-8-27(25)28/h1-10,17,21,28,30H,11-16,18-20H2,(H,38,41). The number of fused-ring (bicyclic) bond motifs is 3. The van der Waals surface area contributed by atoms with Gasteiger partial charge in [0.2, 0.25) is 0 Å². The molecule has 3 amide bonds. The highest BCUT2D eigenvalue weighted by molar-refractivity contribution is 5.79. The Morgan fingerprint density at radius 1 is 0.907 bits per heavy atom. The number of benzene rings is 3. The number of piperidine rings is 1. The number of hydrogen-bond acceptors (Lipinski definition) is 3. The van der Waals surface area contributed by atoms with E-state index < -0.39 is 42.3 Å². The molecular weight excluding hydrogens is 562 g/mol. The van der Waals surface area contributed by atoms with Crippen molar-refractivity contribution in [2.45, 2.75) is 43.6 Å². The van der Waals surface area contributed by atoms with Gasteiger partial charge in [0.05, 0.1) is 6.54 Å². The molecule has 3 aromatic carbocycles. The van der Waals surface area contributed by atoms with Crippen LogP contribution in [0.1, 0.15) is 41.9 Å². The van der Waals surface area contributed by atoms with Crippen LogP contribution in [0.25, 0.3) is 11.1 Å². The number of likely N-dealkylation sites (tertiary alicyclic amines) is 2. The molecule has 43 heavy (non-hydrogen) atoms. The van der Waals surface area contributed by atoms with E-state index in [0.717, 1.165) is 40.5 Å². The number of rotatable bonds is 6. The number of hydrogen-bond donors (Lipinski definition) is 1. The first kappa shape index (κ1) is 29.0. The number of urea groups is 1. The Hall–Kier alpha value is -4.08. The first-order valence-corrected chi connectivity index (χ1v) is 14.7. The number of carbonyl (C=O) groups is 2. The molecule has 1 atom stereocenters. The molecule has 3 aromatic rings. The zero-order valence-corrected chi connectivity index (χ0v) is 23.6. The van der Waals surface area contributed by atoms with Gasteiger partial charge in [-0.1, -0.05) is 48.5 Å². The van der Waals surface area contributed by atoms with Crippen LogP contribution in [0.5, 0.6) is 0 Å². The fourth-order valence-corrected chi connectivity index (χ4v) is 6.66. The predicted octanol–water partition coefficient (Wildman–Crippen LogP) is 6.59. The number of halogens is 4. The lowest BCUT2D eigenvalue weighted by Gasteiger charge is -2.37. The average molecular weight is 596 g/mol. The van der Waals surface area contributed by atoms with Crippen LogP contribution in [0.2, 0.25) is 0 Å². The average Bonchev–Trinajstić information content (AvgIpc) is 3.54. The summed E-state index contributed by atoms with van der Waals surface area (Å²) in [4.78, 5) is 28.7. The van der Waals surface area contributed by atoms with E-state index in [9.17, 15) is 27.2 Å². The van der Waals surface area contributed by atoms with Gasteiger partial charge in [0, 0.05) is 38.0 Å². The maximum Gasteiger partial charge on any atom is 0.407 e. The molecule has 10 heteroatoms. The molecule has 6 rings (SSSR count). The van der Waals surface area contributed by atoms with Gasteiger partial charge in [0.15, 0.2) is 0 Å². The molecule has 2 aliphatic heterocycles. The van der Waals surface area contributed by atoms with Gasteiger partial charge < -0.3 is 19.9 Å². The van der Waals surface area contributed by atoms with Crippen molar-refractivity contribution in [3.63, 3.8) is 0 Å². The van der Waals surface area contributed by atoms with Crippen LogP contribution in [0.15, 0.2) is 66.7 Å². The molecule has 1 aliphatic carbocycles. The number of alkyl carbamates (subject to hydrolysis) is 1. The van der Waals surface area contributed by atoms with Crippen molar-refractivity contribution in [1.29, 1.82) is 0 Å². The number of nitrogens with one attached hydrogen (secondary N) is 1. The van der Waals surface area contributed by atoms with E-state index in [2.05, 4.69) is 5.32 Å². The van der Waals surface area contributed by atoms with Gasteiger partial charge in [0.1, 0.15) is 18.2 Å². The molecule has 0 saturated carbocycles. The molecule has 6 nitrogen and oxygen atoms in total. The van der Waals surface area contributed by atoms with Gasteiger partial charge in [-0.3, -0.25) is 0 Å². The summed E-state index contributed by atoms with van der Waals surface area (Å²) < 4.78 is 61.7. The van der Waals surface area contributed by atoms with Crippen LogP contribution in [0, 0.1) is 17.6 Å². The number of nitrogens with zero attached hydrogens (tertiary/aromatic N) is 2. The minimum Gasteiger partial charge on any atom is -0.449 e. The SMILES string of the molecule is O=C(NC(Cc1cc(F)ccc1F)C1CCN(C(=O)N2CCC(F)(F)C2)CC1)OCC1c2ccccc2-c2ccccc21. The minimum absolute atomic E-state index is 0.0105. The Labute approximate surface area is 247 Å². The van der Waals surface area contributed by atoms with Crippen molar-refractivity contribution in [1.82, 2.24) is 15.1 Å². The number of carbonyl (C=O) groups excluding carboxylic acids is 2. The first-order chi connectivity index (χ1) is 20.7. The summed E-state index contributed by atoms with van der Waals surface area (Å²) in [6, 6.07) is 18.2. The smallest absolute Gasteiger partial charge is 0.407 e. The highest BCUT2D eigenvalue weighted by Crippen LogP contribution is 2.44. The van der Waals surface area contributed by atoms with Crippen molar-refractivity contribution in [2.75, 3.05) is 32.8 Å². The number of ether oxygens (including phenoxy) is 1. The van der Waals surface area contributed by atoms with E-state index in [1.54, 1.807) is 4.90 Å². The third kappa shape index (κ3) is 6.19. The maximum absolute atomic E-state index is 14.6. The number of amides is 3. The van der Waals surface area contributed by atoms with E-state index in [1.165, 1.54) is 4.90 Å². The van der Waals surface area contributed by atoms with Gasteiger partial charge >= 0.3 is 12.1 Å². The van der Waals surface area contributed by atoms with Crippen molar-refractivity contribution < 1.29 is 31.9 Å². The topological polar surface area (TPSA) is 61.9 Å². The largest absolute Gasteiger partial charge is 0.449 e. The van der Waals surface area contributed by atoms with Crippen LogP contribution >= 0.6 is 0 Å². The summed E-state index contributed by atoms with van der Waals surface area (Å²) in [5, 5.41) is 2.90. The van der Waals surface area contributed by atoms with Crippen LogP contribution in [0.4, 0.5) is 27.2 Å². The zero-order valence-electron chi connectivity index (χ0n) is 23.6. The molecule has 0 spiro atoms. The molecule has 2 fully saturated rings. The van der Waals surface area contributed by atoms with Crippen LogP contribution in [-0.2, 0) is 11.2 Å². The molecule has 1 unspecified atom stereocenters. The monoisotopic (exact) mass is 595 g/mol. The second kappa shape index (κ2) is 11.9. The van der Waals surface area contributed by atoms with E-state index in [-0.39, 0.29) is 43.4 Å². The summed E-state index contributed by atoms with van der Waals surface area (Å²) >= 11 is 0. The summed E-state index contributed by atoms with van der Waals surface area (Å²) in [6.07, 6.45) is -0.0604. The van der Waals surface area contributed by atoms with E-state index in [0.29, 0.717) is 25.9 Å². The molecule has 226 valence electrons. The fraction of sp³-hybridized carbons (Fsp3) is 0.394. The van der Waals surface area contributed by atoms with Crippen molar-refractivity contribution in [2.24, 2.45) is 5.92 Å². The van der Waals surface area contributed by atoms with Gasteiger partial charge in [-0.15, -0.1) is 0 Å². The normalized spacial score (nSPS) is 18.7. The first-order valence-electron chi connectivity index (χ1n) is 14.7. The summed E-state index contributed by atoms with van der Waals surface area (Å²) in [6.45, 7) is 0.140. The second-order valence-corrected chi connectivity index (χ2v) is 11.7. The van der Waals surface area contributed by atoms with E-state index in [1.807, 2.05) is 48.5 Å².